The summed E-state index contributed by atoms with van der Waals surface area (Å²) in [7, 11) is 0. The highest BCUT2D eigenvalue weighted by molar-refractivity contribution is 7.98. The van der Waals surface area contributed by atoms with Crippen LogP contribution in [-0.4, -0.2) is 67.5 Å². The van der Waals surface area contributed by atoms with Gasteiger partial charge >= 0.3 is 0 Å². The number of hydrogen-bond acceptors (Lipinski definition) is 5. The Balaban J connectivity index is 1.42. The van der Waals surface area contributed by atoms with Crippen molar-refractivity contribution in [2.45, 2.75) is 31.6 Å². The van der Waals surface area contributed by atoms with E-state index in [0.29, 0.717) is 0 Å². The van der Waals surface area contributed by atoms with Gasteiger partial charge in [-0.25, -0.2) is 4.98 Å². The Hall–Kier alpha value is -2.58. The van der Waals surface area contributed by atoms with Crippen LogP contribution in [0.15, 0.2) is 54.2 Å². The summed E-state index contributed by atoms with van der Waals surface area (Å²) in [4.78, 5) is 22.0. The molecule has 0 spiro atoms. The van der Waals surface area contributed by atoms with Crippen molar-refractivity contribution >= 4 is 17.7 Å². The number of aromatic nitrogens is 4. The second-order valence-corrected chi connectivity index (χ2v) is 8.23. The molecule has 1 fully saturated rings. The third kappa shape index (κ3) is 4.60. The zero-order chi connectivity index (χ0) is 20.9. The number of carbonyl (C=O) groups is 1. The molecular weight excluding hydrogens is 396 g/mol. The van der Waals surface area contributed by atoms with Gasteiger partial charge in [0.25, 0.3) is 5.91 Å². The molecule has 0 N–H and O–H groups in total. The van der Waals surface area contributed by atoms with E-state index in [1.807, 2.05) is 57.1 Å². The summed E-state index contributed by atoms with van der Waals surface area (Å²) in [6.45, 7) is 7.26. The zero-order valence-electron chi connectivity index (χ0n) is 17.6. The zero-order valence-corrected chi connectivity index (χ0v) is 18.4. The van der Waals surface area contributed by atoms with Crippen LogP contribution in [0.2, 0.25) is 0 Å². The van der Waals surface area contributed by atoms with Gasteiger partial charge in [0.2, 0.25) is 0 Å². The lowest BCUT2D eigenvalue weighted by molar-refractivity contribution is 0.0761. The fraction of sp³-hybridized carbons (Fsp3) is 0.409. The second kappa shape index (κ2) is 9.49. The monoisotopic (exact) mass is 424 g/mol. The summed E-state index contributed by atoms with van der Waals surface area (Å²) >= 11 is 1.59. The van der Waals surface area contributed by atoms with Gasteiger partial charge in [0.15, 0.2) is 5.16 Å². The van der Waals surface area contributed by atoms with Crippen LogP contribution in [0, 0.1) is 0 Å². The highest BCUT2D eigenvalue weighted by Gasteiger charge is 2.21. The molecule has 1 aliphatic heterocycles. The maximum absolute atomic E-state index is 13.2. The molecule has 3 aromatic rings. The number of amides is 1. The van der Waals surface area contributed by atoms with E-state index in [2.05, 4.69) is 28.1 Å². The molecule has 1 saturated heterocycles. The van der Waals surface area contributed by atoms with Crippen LogP contribution >= 0.6 is 11.8 Å². The molecule has 0 bridgehead atoms. The van der Waals surface area contributed by atoms with Gasteiger partial charge in [0, 0.05) is 74.7 Å². The molecule has 0 radical (unpaired) electrons. The topological polar surface area (TPSA) is 59.2 Å². The predicted molar refractivity (Wildman–Crippen MR) is 119 cm³/mol. The summed E-state index contributed by atoms with van der Waals surface area (Å²) in [5.74, 6) is 0.100. The molecule has 30 heavy (non-hydrogen) atoms. The maximum atomic E-state index is 13.2. The molecule has 4 rings (SSSR count). The van der Waals surface area contributed by atoms with E-state index in [-0.39, 0.29) is 5.91 Å². The van der Waals surface area contributed by atoms with Gasteiger partial charge in [0.05, 0.1) is 6.20 Å². The van der Waals surface area contributed by atoms with E-state index < -0.39 is 0 Å². The lowest BCUT2D eigenvalue weighted by atomic mass is 10.1. The van der Waals surface area contributed by atoms with Gasteiger partial charge in [-0.15, -0.1) is 0 Å². The molecule has 0 unspecified atom stereocenters. The summed E-state index contributed by atoms with van der Waals surface area (Å²) in [6, 6.07) is 7.83. The third-order valence-electron chi connectivity index (χ3n) is 5.45. The van der Waals surface area contributed by atoms with Gasteiger partial charge in [-0.1, -0.05) is 17.8 Å². The van der Waals surface area contributed by atoms with Gasteiger partial charge in [-0.3, -0.25) is 18.9 Å². The first-order valence-corrected chi connectivity index (χ1v) is 11.6. The lowest BCUT2D eigenvalue weighted by Crippen LogP contribution is -2.35. The van der Waals surface area contributed by atoms with E-state index >= 15 is 0 Å². The molecule has 8 heteroatoms. The molecule has 2 aromatic heterocycles. The van der Waals surface area contributed by atoms with Crippen molar-refractivity contribution < 1.29 is 4.79 Å². The van der Waals surface area contributed by atoms with Gasteiger partial charge in [0.1, 0.15) is 0 Å². The van der Waals surface area contributed by atoms with E-state index in [4.69, 9.17) is 0 Å². The second-order valence-electron chi connectivity index (χ2n) is 7.46. The molecule has 7 nitrogen and oxygen atoms in total. The lowest BCUT2D eigenvalue weighted by Gasteiger charge is -2.22. The van der Waals surface area contributed by atoms with Crippen molar-refractivity contribution in [3.05, 3.63) is 60.2 Å². The number of benzene rings is 1. The Morgan fingerprint density at radius 1 is 1.20 bits per heavy atom. The van der Waals surface area contributed by atoms with Gasteiger partial charge < -0.3 is 4.90 Å². The van der Waals surface area contributed by atoms with Crippen molar-refractivity contribution in [1.29, 1.82) is 0 Å². The largest absolute Gasteiger partial charge is 0.337 e. The average Bonchev–Trinajstić information content (AvgIpc) is 3.38. The van der Waals surface area contributed by atoms with E-state index in [9.17, 15) is 4.79 Å². The summed E-state index contributed by atoms with van der Waals surface area (Å²) in [6.07, 6.45) is 10.8. The van der Waals surface area contributed by atoms with Crippen LogP contribution in [0.1, 0.15) is 29.3 Å². The first kappa shape index (κ1) is 20.7. The van der Waals surface area contributed by atoms with Crippen LogP contribution in [0.4, 0.5) is 0 Å². The van der Waals surface area contributed by atoms with Crippen LogP contribution in [0.5, 0.6) is 0 Å². The fourth-order valence-electron chi connectivity index (χ4n) is 3.86. The van der Waals surface area contributed by atoms with Crippen molar-refractivity contribution in [1.82, 2.24) is 29.1 Å². The molecule has 0 atom stereocenters. The third-order valence-corrected chi connectivity index (χ3v) is 6.12. The Morgan fingerprint density at radius 3 is 2.90 bits per heavy atom. The summed E-state index contributed by atoms with van der Waals surface area (Å²) < 4.78 is 3.97. The molecule has 158 valence electrons. The van der Waals surface area contributed by atoms with Crippen LogP contribution in [-0.2, 0) is 13.1 Å². The van der Waals surface area contributed by atoms with Crippen molar-refractivity contribution in [2.75, 3.05) is 32.4 Å². The number of aryl methyl sites for hydroxylation is 1. The number of nitrogens with zero attached hydrogens (tertiary/aromatic N) is 6. The van der Waals surface area contributed by atoms with E-state index in [1.165, 1.54) is 5.56 Å². The maximum Gasteiger partial charge on any atom is 0.253 e. The van der Waals surface area contributed by atoms with Gasteiger partial charge in [-0.2, -0.15) is 5.10 Å². The minimum absolute atomic E-state index is 0.100. The first-order valence-electron chi connectivity index (χ1n) is 10.4. The molecular formula is C22H28N6OS. The number of hydrogen-bond donors (Lipinski definition) is 0. The number of rotatable bonds is 6. The van der Waals surface area contributed by atoms with E-state index in [0.717, 1.165) is 62.1 Å². The molecule has 0 saturated carbocycles. The van der Waals surface area contributed by atoms with Crippen LogP contribution < -0.4 is 0 Å². The number of thioether (sulfide) groups is 1. The van der Waals surface area contributed by atoms with Crippen molar-refractivity contribution in [3.8, 4) is 5.69 Å². The molecule has 1 aliphatic rings. The van der Waals surface area contributed by atoms with Crippen molar-refractivity contribution in [3.63, 3.8) is 0 Å². The average molecular weight is 425 g/mol. The number of carbonyl (C=O) groups excluding carboxylic acids is 1. The highest BCUT2D eigenvalue weighted by Crippen LogP contribution is 2.20. The fourth-order valence-corrected chi connectivity index (χ4v) is 4.39. The molecule has 0 aliphatic carbocycles. The Bertz CT molecular complexity index is 997. The van der Waals surface area contributed by atoms with Crippen molar-refractivity contribution in [2.24, 2.45) is 0 Å². The van der Waals surface area contributed by atoms with Gasteiger partial charge in [-0.05, 0) is 37.8 Å². The van der Waals surface area contributed by atoms with E-state index in [1.54, 1.807) is 18.0 Å². The molecule has 3 heterocycles. The Morgan fingerprint density at radius 2 is 2.10 bits per heavy atom. The minimum Gasteiger partial charge on any atom is -0.337 e. The molecule has 1 aromatic carbocycles. The SMILES string of the molecule is CCn1cc(CN2CCCN(C(=O)c3cccc(-n4ccnc4SC)c3)CC2)cn1. The quantitative estimate of drug-likeness (QED) is 0.569. The standard InChI is InChI=1S/C22H28N6OS/c1-3-27-17-18(15-24-27)16-25-9-5-10-26(13-12-25)21(29)19-6-4-7-20(14-19)28-11-8-23-22(28)30-2/h4,6-8,11,14-15,17H,3,5,9-10,12-13,16H2,1-2H3. The van der Waals surface area contributed by atoms with Crippen LogP contribution in [0.25, 0.3) is 5.69 Å². The Kier molecular flexibility index (Phi) is 6.54. The number of imidazole rings is 1. The normalized spacial score (nSPS) is 15.3. The summed E-state index contributed by atoms with van der Waals surface area (Å²) in [5.41, 5.74) is 2.92. The highest BCUT2D eigenvalue weighted by atomic mass is 32.2. The first-order chi connectivity index (χ1) is 14.7. The summed E-state index contributed by atoms with van der Waals surface area (Å²) in [5, 5.41) is 5.28. The van der Waals surface area contributed by atoms with Crippen LogP contribution in [0.3, 0.4) is 0 Å². The molecule has 1 amide bonds. The minimum atomic E-state index is 0.100. The smallest absolute Gasteiger partial charge is 0.253 e. The Labute approximate surface area is 181 Å². The predicted octanol–water partition coefficient (Wildman–Crippen LogP) is 3.16.